The Kier molecular flexibility index (Phi) is 3.79. The van der Waals surface area contributed by atoms with Crippen LogP contribution in [0, 0.1) is 0 Å². The highest BCUT2D eigenvalue weighted by molar-refractivity contribution is 5.94. The maximum absolute atomic E-state index is 12.5. The average molecular weight is 301 g/mol. The lowest BCUT2D eigenvalue weighted by Crippen LogP contribution is -2.38. The van der Waals surface area contributed by atoms with Gasteiger partial charge in [0.15, 0.2) is 0 Å². The molecule has 0 spiro atoms. The molecule has 0 radical (unpaired) electrons. The second kappa shape index (κ2) is 5.75. The third-order valence-corrected chi connectivity index (χ3v) is 4.24. The summed E-state index contributed by atoms with van der Waals surface area (Å²) in [5.41, 5.74) is 0.292. The summed E-state index contributed by atoms with van der Waals surface area (Å²) in [4.78, 5) is 25.9. The molecule has 2 aromatic heterocycles. The van der Waals surface area contributed by atoms with Crippen molar-refractivity contribution in [3.8, 4) is 0 Å². The van der Waals surface area contributed by atoms with E-state index >= 15 is 0 Å². The van der Waals surface area contributed by atoms with Crippen molar-refractivity contribution >= 4 is 5.91 Å². The van der Waals surface area contributed by atoms with Crippen LogP contribution in [0.1, 0.15) is 34.9 Å². The molecule has 2 aromatic rings. The summed E-state index contributed by atoms with van der Waals surface area (Å²) < 4.78 is 3.39. The van der Waals surface area contributed by atoms with Crippen LogP contribution in [0.2, 0.25) is 0 Å². The number of aryl methyl sites for hydroxylation is 2. The Labute approximate surface area is 128 Å². The van der Waals surface area contributed by atoms with Gasteiger partial charge in [-0.1, -0.05) is 0 Å². The largest absolute Gasteiger partial charge is 0.339 e. The first-order valence-electron chi connectivity index (χ1n) is 7.36. The van der Waals surface area contributed by atoms with Gasteiger partial charge in [0.2, 0.25) is 0 Å². The number of hydrogen-bond donors (Lipinski definition) is 0. The molecule has 1 fully saturated rings. The molecule has 0 saturated carbocycles. The first-order chi connectivity index (χ1) is 10.6. The van der Waals surface area contributed by atoms with Crippen LogP contribution in [0.15, 0.2) is 29.5 Å². The van der Waals surface area contributed by atoms with Gasteiger partial charge < -0.3 is 14.0 Å². The van der Waals surface area contributed by atoms with E-state index in [-0.39, 0.29) is 11.5 Å². The summed E-state index contributed by atoms with van der Waals surface area (Å²) >= 11 is 0. The normalized spacial score (nSPS) is 16.0. The van der Waals surface area contributed by atoms with Crippen molar-refractivity contribution in [2.75, 3.05) is 13.1 Å². The molecule has 22 heavy (non-hydrogen) atoms. The lowest BCUT2D eigenvalue weighted by Gasteiger charge is -2.31. The predicted molar refractivity (Wildman–Crippen MR) is 80.6 cm³/mol. The van der Waals surface area contributed by atoms with E-state index in [1.807, 2.05) is 16.5 Å². The molecule has 1 saturated heterocycles. The van der Waals surface area contributed by atoms with Gasteiger partial charge in [-0.15, -0.1) is 10.2 Å². The number of piperidine rings is 1. The van der Waals surface area contributed by atoms with E-state index in [4.69, 9.17) is 0 Å². The van der Waals surface area contributed by atoms with Gasteiger partial charge in [-0.25, -0.2) is 0 Å². The number of amides is 1. The number of carbonyl (C=O) groups excluding carboxylic acids is 1. The Balaban J connectivity index is 1.68. The molecule has 0 N–H and O–H groups in total. The average Bonchev–Trinajstić information content (AvgIpc) is 2.95. The third-order valence-electron chi connectivity index (χ3n) is 4.24. The maximum Gasteiger partial charge on any atom is 0.254 e. The monoisotopic (exact) mass is 301 g/mol. The molecular weight excluding hydrogens is 282 g/mol. The molecule has 1 amide bonds. The highest BCUT2D eigenvalue weighted by Crippen LogP contribution is 2.26. The smallest absolute Gasteiger partial charge is 0.254 e. The summed E-state index contributed by atoms with van der Waals surface area (Å²) in [6.45, 7) is 1.34. The maximum atomic E-state index is 12.5. The summed E-state index contributed by atoms with van der Waals surface area (Å²) in [6, 6.07) is 3.09. The molecule has 3 rings (SSSR count). The Morgan fingerprint density at radius 2 is 1.95 bits per heavy atom. The Morgan fingerprint density at radius 3 is 2.55 bits per heavy atom. The van der Waals surface area contributed by atoms with E-state index in [0.717, 1.165) is 18.7 Å². The highest BCUT2D eigenvalue weighted by atomic mass is 16.2. The van der Waals surface area contributed by atoms with Gasteiger partial charge in [0.1, 0.15) is 12.2 Å². The fourth-order valence-corrected chi connectivity index (χ4v) is 2.87. The SMILES string of the molecule is Cn1cnnc1C1CCN(C(=O)c2ccn(C)c(=O)c2)CC1. The first-order valence-corrected chi connectivity index (χ1v) is 7.36. The predicted octanol–water partition coefficient (Wildman–Crippen LogP) is 0.534. The second-order valence-corrected chi connectivity index (χ2v) is 5.73. The van der Waals surface area contributed by atoms with Crippen LogP contribution in [0.5, 0.6) is 0 Å². The van der Waals surface area contributed by atoms with Gasteiger partial charge in [-0.2, -0.15) is 0 Å². The minimum absolute atomic E-state index is 0.0749. The van der Waals surface area contributed by atoms with E-state index in [9.17, 15) is 9.59 Å². The topological polar surface area (TPSA) is 73.0 Å². The fraction of sp³-hybridized carbons (Fsp3) is 0.467. The number of nitrogens with zero attached hydrogens (tertiary/aromatic N) is 5. The van der Waals surface area contributed by atoms with E-state index < -0.39 is 0 Å². The molecule has 7 nitrogen and oxygen atoms in total. The molecule has 0 unspecified atom stereocenters. The zero-order chi connectivity index (χ0) is 15.7. The van der Waals surface area contributed by atoms with Gasteiger partial charge in [-0.3, -0.25) is 9.59 Å². The Bertz CT molecular complexity index is 740. The van der Waals surface area contributed by atoms with E-state index in [1.165, 1.54) is 10.6 Å². The van der Waals surface area contributed by atoms with Crippen molar-refractivity contribution in [3.05, 3.63) is 46.4 Å². The number of aromatic nitrogens is 4. The zero-order valence-electron chi connectivity index (χ0n) is 12.8. The number of rotatable bonds is 2. The van der Waals surface area contributed by atoms with Gasteiger partial charge in [0.05, 0.1) is 0 Å². The molecule has 3 heterocycles. The summed E-state index contributed by atoms with van der Waals surface area (Å²) in [7, 11) is 3.61. The van der Waals surface area contributed by atoms with E-state index in [2.05, 4.69) is 10.2 Å². The number of likely N-dealkylation sites (tertiary alicyclic amines) is 1. The molecule has 116 valence electrons. The first kappa shape index (κ1) is 14.5. The molecule has 0 atom stereocenters. The second-order valence-electron chi connectivity index (χ2n) is 5.73. The summed E-state index contributed by atoms with van der Waals surface area (Å²) in [6.07, 6.45) is 5.06. The van der Waals surface area contributed by atoms with Crippen LogP contribution in [-0.2, 0) is 14.1 Å². The summed E-state index contributed by atoms with van der Waals surface area (Å²) in [5, 5.41) is 8.07. The zero-order valence-corrected chi connectivity index (χ0v) is 12.8. The lowest BCUT2D eigenvalue weighted by molar-refractivity contribution is 0.0710. The number of carbonyl (C=O) groups is 1. The third kappa shape index (κ3) is 2.66. The van der Waals surface area contributed by atoms with Crippen molar-refractivity contribution in [2.45, 2.75) is 18.8 Å². The van der Waals surface area contributed by atoms with Crippen molar-refractivity contribution in [1.29, 1.82) is 0 Å². The Hall–Kier alpha value is -2.44. The van der Waals surface area contributed by atoms with Crippen molar-refractivity contribution in [1.82, 2.24) is 24.2 Å². The summed E-state index contributed by atoms with van der Waals surface area (Å²) in [5.74, 6) is 1.23. The molecule has 0 bridgehead atoms. The van der Waals surface area contributed by atoms with E-state index in [0.29, 0.717) is 24.6 Å². The fourth-order valence-electron chi connectivity index (χ4n) is 2.87. The quantitative estimate of drug-likeness (QED) is 0.811. The van der Waals surface area contributed by atoms with Gasteiger partial charge in [-0.05, 0) is 18.9 Å². The minimum Gasteiger partial charge on any atom is -0.339 e. The number of hydrogen-bond acceptors (Lipinski definition) is 4. The molecular formula is C15H19N5O2. The molecule has 0 aliphatic carbocycles. The minimum atomic E-state index is -0.167. The van der Waals surface area contributed by atoms with Crippen molar-refractivity contribution < 1.29 is 4.79 Å². The Morgan fingerprint density at radius 1 is 1.23 bits per heavy atom. The standard InChI is InChI=1S/C15H19N5O2/c1-18-6-3-12(9-13(18)21)15(22)20-7-4-11(5-8-20)14-17-16-10-19(14)2/h3,6,9-11H,4-5,7-8H2,1-2H3. The number of pyridine rings is 1. The van der Waals surface area contributed by atoms with E-state index in [1.54, 1.807) is 25.6 Å². The van der Waals surface area contributed by atoms with Gasteiger partial charge >= 0.3 is 0 Å². The highest BCUT2D eigenvalue weighted by Gasteiger charge is 2.27. The van der Waals surface area contributed by atoms with Gasteiger partial charge in [0.25, 0.3) is 11.5 Å². The van der Waals surface area contributed by atoms with Crippen LogP contribution in [0.25, 0.3) is 0 Å². The molecule has 1 aliphatic rings. The molecule has 7 heteroatoms. The van der Waals surface area contributed by atoms with Crippen LogP contribution >= 0.6 is 0 Å². The molecule has 1 aliphatic heterocycles. The lowest BCUT2D eigenvalue weighted by atomic mass is 9.95. The van der Waals surface area contributed by atoms with Crippen LogP contribution in [-0.4, -0.2) is 43.2 Å². The van der Waals surface area contributed by atoms with Crippen LogP contribution < -0.4 is 5.56 Å². The molecule has 0 aromatic carbocycles. The van der Waals surface area contributed by atoms with Crippen LogP contribution in [0.4, 0.5) is 0 Å². The van der Waals surface area contributed by atoms with Crippen LogP contribution in [0.3, 0.4) is 0 Å². The van der Waals surface area contributed by atoms with Gasteiger partial charge in [0, 0.05) is 50.9 Å². The van der Waals surface area contributed by atoms with Crippen molar-refractivity contribution in [2.24, 2.45) is 14.1 Å². The van der Waals surface area contributed by atoms with Crippen molar-refractivity contribution in [3.63, 3.8) is 0 Å².